The second-order valence-corrected chi connectivity index (χ2v) is 9.06. The Labute approximate surface area is 139 Å². The van der Waals surface area contributed by atoms with E-state index >= 15 is 0 Å². The SMILES string of the molecule is CCN(C(=O)Cc1ccc(CC(C)C)cc1)C1CCS(=O)(=O)C1. The predicted molar refractivity (Wildman–Crippen MR) is 93.1 cm³/mol. The molecule has 2 rings (SSSR count). The van der Waals surface area contributed by atoms with E-state index in [4.69, 9.17) is 0 Å². The molecular formula is C18H27NO3S. The highest BCUT2D eigenvalue weighted by Gasteiger charge is 2.33. The first-order valence-electron chi connectivity index (χ1n) is 8.38. The van der Waals surface area contributed by atoms with Crippen molar-refractivity contribution < 1.29 is 13.2 Å². The summed E-state index contributed by atoms with van der Waals surface area (Å²) in [5, 5.41) is 0. The Morgan fingerprint density at radius 2 is 1.83 bits per heavy atom. The summed E-state index contributed by atoms with van der Waals surface area (Å²) in [7, 11) is -2.97. The van der Waals surface area contributed by atoms with Crippen LogP contribution in [-0.2, 0) is 27.5 Å². The number of amides is 1. The smallest absolute Gasteiger partial charge is 0.227 e. The molecule has 0 aliphatic carbocycles. The molecule has 1 heterocycles. The first kappa shape index (κ1) is 18.0. The summed E-state index contributed by atoms with van der Waals surface area (Å²) in [6, 6.07) is 8.03. The van der Waals surface area contributed by atoms with Crippen LogP contribution in [-0.4, -0.2) is 43.3 Å². The average Bonchev–Trinajstić information content (AvgIpc) is 2.81. The van der Waals surface area contributed by atoms with Gasteiger partial charge in [-0.3, -0.25) is 4.79 Å². The molecule has 1 atom stereocenters. The molecule has 1 aliphatic heterocycles. The molecule has 0 aromatic heterocycles. The molecule has 1 aliphatic rings. The van der Waals surface area contributed by atoms with Gasteiger partial charge in [-0.15, -0.1) is 0 Å². The van der Waals surface area contributed by atoms with Crippen molar-refractivity contribution >= 4 is 15.7 Å². The summed E-state index contributed by atoms with van der Waals surface area (Å²) in [6.45, 7) is 6.84. The Bertz CT molecular complexity index is 635. The van der Waals surface area contributed by atoms with Gasteiger partial charge in [0.05, 0.1) is 17.9 Å². The Morgan fingerprint density at radius 1 is 1.22 bits per heavy atom. The van der Waals surface area contributed by atoms with Gasteiger partial charge in [-0.25, -0.2) is 8.42 Å². The quantitative estimate of drug-likeness (QED) is 0.801. The van der Waals surface area contributed by atoms with Gasteiger partial charge in [0.15, 0.2) is 9.84 Å². The van der Waals surface area contributed by atoms with Gasteiger partial charge in [0.2, 0.25) is 5.91 Å². The normalized spacial score (nSPS) is 19.9. The van der Waals surface area contributed by atoms with Crippen molar-refractivity contribution in [3.8, 4) is 0 Å². The fourth-order valence-corrected chi connectivity index (χ4v) is 4.93. The van der Waals surface area contributed by atoms with Gasteiger partial charge in [0.1, 0.15) is 0 Å². The lowest BCUT2D eigenvalue weighted by Gasteiger charge is -2.27. The predicted octanol–water partition coefficient (Wildman–Crippen LogP) is 2.46. The van der Waals surface area contributed by atoms with Crippen LogP contribution in [0.4, 0.5) is 0 Å². The van der Waals surface area contributed by atoms with Gasteiger partial charge in [0.25, 0.3) is 0 Å². The minimum atomic E-state index is -2.97. The summed E-state index contributed by atoms with van der Waals surface area (Å²) < 4.78 is 23.3. The van der Waals surface area contributed by atoms with Gasteiger partial charge >= 0.3 is 0 Å². The maximum atomic E-state index is 12.5. The number of hydrogen-bond acceptors (Lipinski definition) is 3. The van der Waals surface area contributed by atoms with E-state index in [1.807, 2.05) is 19.1 Å². The number of sulfone groups is 1. The van der Waals surface area contributed by atoms with Crippen LogP contribution in [0.5, 0.6) is 0 Å². The van der Waals surface area contributed by atoms with Crippen molar-refractivity contribution in [1.29, 1.82) is 0 Å². The van der Waals surface area contributed by atoms with Crippen LogP contribution in [0, 0.1) is 5.92 Å². The molecular weight excluding hydrogens is 310 g/mol. The van der Waals surface area contributed by atoms with E-state index in [0.717, 1.165) is 12.0 Å². The lowest BCUT2D eigenvalue weighted by atomic mass is 10.0. The van der Waals surface area contributed by atoms with Crippen LogP contribution in [0.1, 0.15) is 38.3 Å². The molecule has 0 spiro atoms. The minimum absolute atomic E-state index is 0.0196. The Morgan fingerprint density at radius 3 is 2.30 bits per heavy atom. The lowest BCUT2D eigenvalue weighted by molar-refractivity contribution is -0.132. The van der Waals surface area contributed by atoms with Gasteiger partial charge in [-0.1, -0.05) is 38.1 Å². The largest absolute Gasteiger partial charge is 0.339 e. The number of carbonyl (C=O) groups excluding carboxylic acids is 1. The molecule has 23 heavy (non-hydrogen) atoms. The van der Waals surface area contributed by atoms with Crippen LogP contribution in [0.2, 0.25) is 0 Å². The van der Waals surface area contributed by atoms with E-state index in [2.05, 4.69) is 26.0 Å². The Kier molecular flexibility index (Phi) is 5.84. The zero-order chi connectivity index (χ0) is 17.0. The third-order valence-electron chi connectivity index (χ3n) is 4.33. The van der Waals surface area contributed by atoms with E-state index in [1.165, 1.54) is 5.56 Å². The fourth-order valence-electron chi connectivity index (χ4n) is 3.20. The highest BCUT2D eigenvalue weighted by atomic mass is 32.2. The molecule has 1 unspecified atom stereocenters. The zero-order valence-corrected chi connectivity index (χ0v) is 15.1. The molecule has 1 fully saturated rings. The molecule has 0 N–H and O–H groups in total. The molecule has 0 saturated carbocycles. The van der Waals surface area contributed by atoms with Crippen LogP contribution >= 0.6 is 0 Å². The van der Waals surface area contributed by atoms with Crippen LogP contribution < -0.4 is 0 Å². The molecule has 128 valence electrons. The fraction of sp³-hybridized carbons (Fsp3) is 0.611. The molecule has 1 saturated heterocycles. The molecule has 4 nitrogen and oxygen atoms in total. The molecule has 0 radical (unpaired) electrons. The highest BCUT2D eigenvalue weighted by Crippen LogP contribution is 2.19. The van der Waals surface area contributed by atoms with E-state index in [-0.39, 0.29) is 23.5 Å². The van der Waals surface area contributed by atoms with Gasteiger partial charge < -0.3 is 4.90 Å². The monoisotopic (exact) mass is 337 g/mol. The topological polar surface area (TPSA) is 54.5 Å². The van der Waals surface area contributed by atoms with Crippen molar-refractivity contribution in [3.63, 3.8) is 0 Å². The highest BCUT2D eigenvalue weighted by molar-refractivity contribution is 7.91. The minimum Gasteiger partial charge on any atom is -0.339 e. The van der Waals surface area contributed by atoms with E-state index in [1.54, 1.807) is 4.90 Å². The molecule has 5 heteroatoms. The van der Waals surface area contributed by atoms with Crippen LogP contribution in [0.15, 0.2) is 24.3 Å². The van der Waals surface area contributed by atoms with Gasteiger partial charge in [-0.2, -0.15) is 0 Å². The first-order chi connectivity index (χ1) is 10.8. The van der Waals surface area contributed by atoms with Crippen LogP contribution in [0.25, 0.3) is 0 Å². The van der Waals surface area contributed by atoms with Crippen molar-refractivity contribution in [2.24, 2.45) is 5.92 Å². The molecule has 1 amide bonds. The third kappa shape index (κ3) is 5.06. The van der Waals surface area contributed by atoms with Gasteiger partial charge in [-0.05, 0) is 36.8 Å². The standard InChI is InChI=1S/C18H27NO3S/c1-4-19(17-9-10-23(21,22)13-17)18(20)12-16-7-5-15(6-8-16)11-14(2)3/h5-8,14,17H,4,9-13H2,1-3H3. The van der Waals surface area contributed by atoms with E-state index < -0.39 is 9.84 Å². The van der Waals surface area contributed by atoms with Crippen molar-refractivity contribution in [1.82, 2.24) is 4.90 Å². The van der Waals surface area contributed by atoms with Crippen LogP contribution in [0.3, 0.4) is 0 Å². The zero-order valence-electron chi connectivity index (χ0n) is 14.3. The first-order valence-corrected chi connectivity index (χ1v) is 10.2. The summed E-state index contributed by atoms with van der Waals surface area (Å²) in [6.07, 6.45) is 1.94. The molecule has 1 aromatic rings. The Balaban J connectivity index is 1.99. The van der Waals surface area contributed by atoms with E-state index in [9.17, 15) is 13.2 Å². The molecule has 0 bridgehead atoms. The second kappa shape index (κ2) is 7.47. The summed E-state index contributed by atoms with van der Waals surface area (Å²) in [5.41, 5.74) is 2.27. The van der Waals surface area contributed by atoms with E-state index in [0.29, 0.717) is 25.3 Å². The number of nitrogens with zero attached hydrogens (tertiary/aromatic N) is 1. The average molecular weight is 337 g/mol. The summed E-state index contributed by atoms with van der Waals surface area (Å²) in [4.78, 5) is 14.3. The number of benzene rings is 1. The summed E-state index contributed by atoms with van der Waals surface area (Å²) in [5.74, 6) is 0.944. The Hall–Kier alpha value is -1.36. The maximum absolute atomic E-state index is 12.5. The third-order valence-corrected chi connectivity index (χ3v) is 6.08. The lowest BCUT2D eigenvalue weighted by Crippen LogP contribution is -2.41. The van der Waals surface area contributed by atoms with Crippen molar-refractivity contribution in [2.75, 3.05) is 18.1 Å². The number of hydrogen-bond donors (Lipinski definition) is 0. The second-order valence-electron chi connectivity index (χ2n) is 6.83. The maximum Gasteiger partial charge on any atom is 0.227 e. The number of rotatable bonds is 6. The van der Waals surface area contributed by atoms with Crippen molar-refractivity contribution in [3.05, 3.63) is 35.4 Å². The molecule has 1 aromatic carbocycles. The summed E-state index contributed by atoms with van der Waals surface area (Å²) >= 11 is 0. The van der Waals surface area contributed by atoms with Gasteiger partial charge in [0, 0.05) is 12.6 Å². The number of likely N-dealkylation sites (N-methyl/N-ethyl adjacent to an activating group) is 1. The van der Waals surface area contributed by atoms with Crippen molar-refractivity contribution in [2.45, 2.75) is 46.1 Å². The number of carbonyl (C=O) groups is 1.